The van der Waals surface area contributed by atoms with Crippen LogP contribution in [-0.4, -0.2) is 17.5 Å². The Kier molecular flexibility index (Phi) is 2.18. The molecule has 0 heterocycles. The number of ketones is 1. The third-order valence-electron chi connectivity index (χ3n) is 3.54. The van der Waals surface area contributed by atoms with E-state index in [9.17, 15) is 4.79 Å². The van der Waals surface area contributed by atoms with Crippen LogP contribution in [0.2, 0.25) is 0 Å². The summed E-state index contributed by atoms with van der Waals surface area (Å²) in [6.07, 6.45) is 5.16. The van der Waals surface area contributed by atoms with Crippen molar-refractivity contribution in [1.82, 2.24) is 0 Å². The average Bonchev–Trinajstić information content (AvgIpc) is 2.56. The molecule has 0 saturated heterocycles. The molecule has 0 spiro atoms. The fourth-order valence-electron chi connectivity index (χ4n) is 2.98. The zero-order valence-corrected chi connectivity index (χ0v) is 7.33. The maximum absolute atomic E-state index is 11.3. The Bertz CT molecular complexity index is 188. The van der Waals surface area contributed by atoms with Crippen LogP contribution in [0.1, 0.15) is 32.1 Å². The minimum Gasteiger partial charge on any atom is -0.396 e. The summed E-state index contributed by atoms with van der Waals surface area (Å²) in [4.78, 5) is 11.3. The average molecular weight is 168 g/mol. The monoisotopic (exact) mass is 168 g/mol. The fraction of sp³-hybridized carbons (Fsp3) is 0.900. The lowest BCUT2D eigenvalue weighted by molar-refractivity contribution is -0.122. The van der Waals surface area contributed by atoms with Gasteiger partial charge >= 0.3 is 0 Å². The summed E-state index contributed by atoms with van der Waals surface area (Å²) >= 11 is 0. The number of fused-ring (bicyclic) bond motifs is 2. The number of Topliss-reactive ketones (excluding diaryl/α,β-unsaturated/α-hetero) is 1. The number of hydrogen-bond acceptors (Lipinski definition) is 2. The highest BCUT2D eigenvalue weighted by molar-refractivity contribution is 5.84. The molecule has 3 atom stereocenters. The Morgan fingerprint density at radius 3 is 2.75 bits per heavy atom. The lowest BCUT2D eigenvalue weighted by Gasteiger charge is -2.12. The van der Waals surface area contributed by atoms with Crippen molar-refractivity contribution in [3.8, 4) is 0 Å². The van der Waals surface area contributed by atoms with Gasteiger partial charge in [-0.15, -0.1) is 0 Å². The normalized spacial score (nSPS) is 39.4. The third-order valence-corrected chi connectivity index (χ3v) is 3.54. The molecule has 2 nitrogen and oxygen atoms in total. The SMILES string of the molecule is O=C1CC2CCC1C2CCCO. The van der Waals surface area contributed by atoms with Crippen molar-refractivity contribution in [1.29, 1.82) is 0 Å². The van der Waals surface area contributed by atoms with Gasteiger partial charge in [0.2, 0.25) is 0 Å². The second-order valence-corrected chi connectivity index (χ2v) is 4.14. The molecule has 0 aromatic heterocycles. The van der Waals surface area contributed by atoms with Crippen LogP contribution in [-0.2, 0) is 4.79 Å². The Morgan fingerprint density at radius 1 is 1.42 bits per heavy atom. The lowest BCUT2D eigenvalue weighted by atomic mass is 9.93. The molecule has 68 valence electrons. The minimum atomic E-state index is 0.282. The van der Waals surface area contributed by atoms with Gasteiger partial charge < -0.3 is 5.11 Å². The molecule has 0 amide bonds. The van der Waals surface area contributed by atoms with Gasteiger partial charge in [-0.2, -0.15) is 0 Å². The van der Waals surface area contributed by atoms with Gasteiger partial charge in [-0.1, -0.05) is 0 Å². The van der Waals surface area contributed by atoms with E-state index in [1.807, 2.05) is 0 Å². The summed E-state index contributed by atoms with van der Waals surface area (Å²) < 4.78 is 0. The Labute approximate surface area is 73.0 Å². The number of hydrogen-bond donors (Lipinski definition) is 1. The molecule has 2 rings (SSSR count). The second-order valence-electron chi connectivity index (χ2n) is 4.14. The van der Waals surface area contributed by atoms with E-state index in [1.165, 1.54) is 6.42 Å². The second kappa shape index (κ2) is 3.17. The van der Waals surface area contributed by atoms with Crippen molar-refractivity contribution in [2.24, 2.45) is 17.8 Å². The number of rotatable bonds is 3. The van der Waals surface area contributed by atoms with E-state index >= 15 is 0 Å². The van der Waals surface area contributed by atoms with E-state index in [0.717, 1.165) is 25.7 Å². The van der Waals surface area contributed by atoms with Crippen molar-refractivity contribution in [3.63, 3.8) is 0 Å². The van der Waals surface area contributed by atoms with E-state index in [2.05, 4.69) is 0 Å². The largest absolute Gasteiger partial charge is 0.396 e. The highest BCUT2D eigenvalue weighted by Gasteiger charge is 2.46. The predicted molar refractivity (Wildman–Crippen MR) is 45.6 cm³/mol. The fourth-order valence-corrected chi connectivity index (χ4v) is 2.98. The first-order chi connectivity index (χ1) is 5.83. The van der Waals surface area contributed by atoms with E-state index in [4.69, 9.17) is 5.11 Å². The van der Waals surface area contributed by atoms with Crippen molar-refractivity contribution < 1.29 is 9.90 Å². The molecule has 2 bridgehead atoms. The smallest absolute Gasteiger partial charge is 0.136 e. The quantitative estimate of drug-likeness (QED) is 0.691. The maximum Gasteiger partial charge on any atom is 0.136 e. The summed E-state index contributed by atoms with van der Waals surface area (Å²) in [5.41, 5.74) is 0. The predicted octanol–water partition coefficient (Wildman–Crippen LogP) is 1.37. The van der Waals surface area contributed by atoms with Crippen molar-refractivity contribution in [2.75, 3.05) is 6.61 Å². The Morgan fingerprint density at radius 2 is 2.25 bits per heavy atom. The summed E-state index contributed by atoms with van der Waals surface area (Å²) in [6, 6.07) is 0. The molecular formula is C10H16O2. The van der Waals surface area contributed by atoms with Crippen molar-refractivity contribution in [2.45, 2.75) is 32.1 Å². The number of aliphatic hydroxyl groups is 1. The molecule has 0 aromatic rings. The summed E-state index contributed by atoms with van der Waals surface area (Å²) in [7, 11) is 0. The van der Waals surface area contributed by atoms with Crippen molar-refractivity contribution >= 4 is 5.78 Å². The molecule has 0 aliphatic heterocycles. The third kappa shape index (κ3) is 1.18. The van der Waals surface area contributed by atoms with E-state index < -0.39 is 0 Å². The topological polar surface area (TPSA) is 37.3 Å². The number of carbonyl (C=O) groups is 1. The van der Waals surface area contributed by atoms with Crippen LogP contribution in [0.25, 0.3) is 0 Å². The highest BCUT2D eigenvalue weighted by atomic mass is 16.2. The zero-order chi connectivity index (χ0) is 8.55. The number of carbonyl (C=O) groups excluding carboxylic acids is 1. The summed E-state index contributed by atoms with van der Waals surface area (Å²) in [6.45, 7) is 0.282. The molecule has 2 fully saturated rings. The first-order valence-electron chi connectivity index (χ1n) is 4.96. The van der Waals surface area contributed by atoms with E-state index in [1.54, 1.807) is 0 Å². The van der Waals surface area contributed by atoms with Gasteiger partial charge in [-0.3, -0.25) is 4.79 Å². The van der Waals surface area contributed by atoms with Crippen LogP contribution in [0.15, 0.2) is 0 Å². The summed E-state index contributed by atoms with van der Waals surface area (Å²) in [5.74, 6) is 2.18. The van der Waals surface area contributed by atoms with Crippen LogP contribution in [0, 0.1) is 17.8 Å². The molecule has 2 saturated carbocycles. The van der Waals surface area contributed by atoms with Gasteiger partial charge in [0.25, 0.3) is 0 Å². The van der Waals surface area contributed by atoms with Crippen LogP contribution in [0.4, 0.5) is 0 Å². The van der Waals surface area contributed by atoms with Crippen LogP contribution in [0.5, 0.6) is 0 Å². The van der Waals surface area contributed by atoms with Crippen LogP contribution < -0.4 is 0 Å². The molecular weight excluding hydrogens is 152 g/mol. The van der Waals surface area contributed by atoms with Gasteiger partial charge in [0.15, 0.2) is 0 Å². The van der Waals surface area contributed by atoms with E-state index in [0.29, 0.717) is 23.5 Å². The van der Waals surface area contributed by atoms with Gasteiger partial charge in [0.05, 0.1) is 0 Å². The molecule has 2 heteroatoms. The molecule has 0 aromatic carbocycles. The van der Waals surface area contributed by atoms with E-state index in [-0.39, 0.29) is 6.61 Å². The van der Waals surface area contributed by atoms with Gasteiger partial charge in [-0.05, 0) is 37.5 Å². The maximum atomic E-state index is 11.3. The highest BCUT2D eigenvalue weighted by Crippen LogP contribution is 2.48. The molecule has 3 unspecified atom stereocenters. The minimum absolute atomic E-state index is 0.282. The molecule has 12 heavy (non-hydrogen) atoms. The van der Waals surface area contributed by atoms with Crippen LogP contribution in [0.3, 0.4) is 0 Å². The first-order valence-corrected chi connectivity index (χ1v) is 4.96. The molecule has 0 radical (unpaired) electrons. The Balaban J connectivity index is 1.94. The van der Waals surface area contributed by atoms with Crippen molar-refractivity contribution in [3.05, 3.63) is 0 Å². The number of aliphatic hydroxyl groups excluding tert-OH is 1. The molecule has 2 aliphatic carbocycles. The lowest BCUT2D eigenvalue weighted by Crippen LogP contribution is -2.11. The van der Waals surface area contributed by atoms with Gasteiger partial charge in [0, 0.05) is 18.9 Å². The standard InChI is InChI=1S/C10H16O2/c11-5-1-2-8-7-3-4-9(8)10(12)6-7/h7-9,11H,1-6H2. The first kappa shape index (κ1) is 8.24. The van der Waals surface area contributed by atoms with Crippen LogP contribution >= 0.6 is 0 Å². The summed E-state index contributed by atoms with van der Waals surface area (Å²) in [5, 5.41) is 8.70. The van der Waals surface area contributed by atoms with Gasteiger partial charge in [-0.25, -0.2) is 0 Å². The molecule has 1 N–H and O–H groups in total. The molecule has 2 aliphatic rings. The Hall–Kier alpha value is -0.370. The zero-order valence-electron chi connectivity index (χ0n) is 7.33. The van der Waals surface area contributed by atoms with Gasteiger partial charge in [0.1, 0.15) is 5.78 Å².